The number of ether oxygens (including phenoxy) is 5. The van der Waals surface area contributed by atoms with Crippen molar-refractivity contribution < 1.29 is 57.2 Å². The highest BCUT2D eigenvalue weighted by Crippen LogP contribution is 2.71. The number of unbranched alkanes of at least 4 members (excludes halogenated alkanes) is 3. The van der Waals surface area contributed by atoms with E-state index in [4.69, 9.17) is 23.7 Å². The number of allylic oxidation sites excluding steroid dienone is 4. The van der Waals surface area contributed by atoms with E-state index in [1.807, 2.05) is 13.8 Å². The van der Waals surface area contributed by atoms with Gasteiger partial charge in [0.25, 0.3) is 0 Å². The highest BCUT2D eigenvalue weighted by molar-refractivity contribution is 6.01. The van der Waals surface area contributed by atoms with Crippen molar-refractivity contribution in [3.05, 3.63) is 47.6 Å². The van der Waals surface area contributed by atoms with Crippen LogP contribution in [0.5, 0.6) is 11.5 Å². The Balaban J connectivity index is 1.38. The lowest BCUT2D eigenvalue weighted by Gasteiger charge is -2.62. The van der Waals surface area contributed by atoms with Crippen molar-refractivity contribution in [2.45, 2.75) is 116 Å². The van der Waals surface area contributed by atoms with Crippen molar-refractivity contribution in [2.75, 3.05) is 20.3 Å². The lowest BCUT2D eigenvalue weighted by atomic mass is 9.44. The third-order valence-electron chi connectivity index (χ3n) is 12.5. The van der Waals surface area contributed by atoms with Crippen LogP contribution in [0.2, 0.25) is 0 Å². The predicted octanol–water partition coefficient (Wildman–Crippen LogP) is 7.22. The van der Waals surface area contributed by atoms with Gasteiger partial charge < -0.3 is 28.8 Å². The molecule has 0 amide bonds. The molecule has 3 fully saturated rings. The molecule has 0 radical (unpaired) electrons. The molecule has 1 N–H and O–H groups in total. The zero-order valence-corrected chi connectivity index (χ0v) is 31.7. The molecule has 11 nitrogen and oxygen atoms in total. The van der Waals surface area contributed by atoms with Gasteiger partial charge in [-0.05, 0) is 81.7 Å². The van der Waals surface area contributed by atoms with Crippen molar-refractivity contribution in [3.8, 4) is 11.5 Å². The number of alkyl halides is 1. The topological polar surface area (TPSA) is 152 Å². The summed E-state index contributed by atoms with van der Waals surface area (Å²) in [7, 11) is 1.33. The molecule has 290 valence electrons. The van der Waals surface area contributed by atoms with Crippen molar-refractivity contribution >= 4 is 29.7 Å². The first kappa shape index (κ1) is 40.1. The Morgan fingerprint density at radius 2 is 1.74 bits per heavy atom. The second-order valence-corrected chi connectivity index (χ2v) is 15.5. The maximum atomic E-state index is 17.8. The summed E-state index contributed by atoms with van der Waals surface area (Å²) in [5.74, 6) is -3.93. The molecule has 0 bridgehead atoms. The summed E-state index contributed by atoms with van der Waals surface area (Å²) < 4.78 is 45.4. The maximum Gasteiger partial charge on any atom is 0.514 e. The van der Waals surface area contributed by atoms with Crippen molar-refractivity contribution in [1.29, 1.82) is 0 Å². The Bertz CT molecular complexity index is 1670. The number of hydrogen-bond donors (Lipinski definition) is 1. The molecule has 4 aliphatic rings. The molecule has 12 heteroatoms. The Kier molecular flexibility index (Phi) is 11.9. The number of aliphatic hydroxyl groups excluding tert-OH is 1. The molecule has 0 aromatic heterocycles. The second-order valence-electron chi connectivity index (χ2n) is 15.5. The largest absolute Gasteiger partial charge is 0.514 e. The summed E-state index contributed by atoms with van der Waals surface area (Å²) >= 11 is 0. The van der Waals surface area contributed by atoms with Gasteiger partial charge in [-0.1, -0.05) is 58.6 Å². The van der Waals surface area contributed by atoms with Gasteiger partial charge >= 0.3 is 18.1 Å². The zero-order chi connectivity index (χ0) is 38.8. The number of esters is 2. The third-order valence-corrected chi connectivity index (χ3v) is 12.5. The maximum absolute atomic E-state index is 17.8. The number of ketones is 2. The summed E-state index contributed by atoms with van der Waals surface area (Å²) in [5.41, 5.74) is -5.64. The van der Waals surface area contributed by atoms with Gasteiger partial charge in [0, 0.05) is 29.1 Å². The van der Waals surface area contributed by atoms with E-state index in [0.717, 1.165) is 19.3 Å². The summed E-state index contributed by atoms with van der Waals surface area (Å²) in [5, 5.41) is 11.9. The van der Waals surface area contributed by atoms with E-state index in [-0.39, 0.29) is 42.3 Å². The number of hydrogen-bond acceptors (Lipinski definition) is 11. The SMILES string of the molecule is CCCCCOC(=O)c1ccc(OC(=O)OCC(=O)C2(OC(=O)CCCC)C(C)CC3C4CCC5=CC(=O)C=CC5(C)C4(F)C(O)CC32C)c(OC)c1. The molecular weight excluding hydrogens is 687 g/mol. The van der Waals surface area contributed by atoms with E-state index >= 15 is 4.39 Å². The van der Waals surface area contributed by atoms with Crippen LogP contribution in [0.4, 0.5) is 9.18 Å². The standard InChI is InChI=1S/C41H53FO11/c1-7-9-11-19-50-36(47)26-13-16-31(32(21-26)49-6)52-37(48)51-24-34(45)41(53-35(46)12-10-8-2)25(3)20-30-29-15-14-27-22-28(43)17-18-38(27,4)40(29,42)33(44)23-39(30,41)5/h13,16-18,21-22,25,29-30,33,44H,7-12,14-15,19-20,23-24H2,1-6H3. The summed E-state index contributed by atoms with van der Waals surface area (Å²) in [4.78, 5) is 65.7. The fourth-order valence-electron chi connectivity index (χ4n) is 9.78. The van der Waals surface area contributed by atoms with Crippen molar-refractivity contribution in [2.24, 2.45) is 28.6 Å². The number of Topliss-reactive ketones (excluding diaryl/α,β-unsaturated/α-hetero) is 1. The van der Waals surface area contributed by atoms with Crippen LogP contribution in [0.3, 0.4) is 0 Å². The monoisotopic (exact) mass is 740 g/mol. The van der Waals surface area contributed by atoms with E-state index in [1.54, 1.807) is 26.8 Å². The van der Waals surface area contributed by atoms with Crippen LogP contribution in [0.25, 0.3) is 0 Å². The fraction of sp³-hybridized carbons (Fsp3) is 0.634. The molecule has 1 aromatic carbocycles. The number of aliphatic hydroxyl groups is 1. The number of carbonyl (C=O) groups excluding carboxylic acids is 5. The number of benzene rings is 1. The lowest BCUT2D eigenvalue weighted by Crippen LogP contribution is -2.70. The molecule has 0 heterocycles. The number of rotatable bonds is 14. The van der Waals surface area contributed by atoms with Crippen LogP contribution in [-0.4, -0.2) is 72.5 Å². The summed E-state index contributed by atoms with van der Waals surface area (Å²) in [6, 6.07) is 4.13. The lowest BCUT2D eigenvalue weighted by molar-refractivity contribution is -0.228. The van der Waals surface area contributed by atoms with Crippen molar-refractivity contribution in [3.63, 3.8) is 0 Å². The molecule has 5 rings (SSSR count). The minimum Gasteiger partial charge on any atom is -0.493 e. The van der Waals surface area contributed by atoms with Crippen molar-refractivity contribution in [1.82, 2.24) is 0 Å². The van der Waals surface area contributed by atoms with Crippen LogP contribution in [0.1, 0.15) is 109 Å². The molecular formula is C41H53FO11. The molecule has 53 heavy (non-hydrogen) atoms. The number of fused-ring (bicyclic) bond motifs is 5. The third kappa shape index (κ3) is 6.92. The first-order valence-corrected chi connectivity index (χ1v) is 18.9. The quantitative estimate of drug-likeness (QED) is 0.0891. The highest BCUT2D eigenvalue weighted by atomic mass is 19.1. The summed E-state index contributed by atoms with van der Waals surface area (Å²) in [6.07, 6.45) is 6.36. The number of halogens is 1. The fourth-order valence-corrected chi connectivity index (χ4v) is 9.78. The zero-order valence-electron chi connectivity index (χ0n) is 31.7. The van der Waals surface area contributed by atoms with Gasteiger partial charge in [0.05, 0.1) is 25.4 Å². The van der Waals surface area contributed by atoms with Gasteiger partial charge in [-0.15, -0.1) is 0 Å². The van der Waals surface area contributed by atoms with Gasteiger partial charge in [0.15, 0.2) is 35.2 Å². The average Bonchev–Trinajstić information content (AvgIpc) is 3.34. The number of methoxy groups -OCH3 is 1. The van der Waals surface area contributed by atoms with Crippen LogP contribution in [0.15, 0.2) is 42.0 Å². The van der Waals surface area contributed by atoms with Crippen LogP contribution in [-0.2, 0) is 28.6 Å². The molecule has 0 aliphatic heterocycles. The van der Waals surface area contributed by atoms with Crippen LogP contribution < -0.4 is 9.47 Å². The molecule has 4 aliphatic carbocycles. The van der Waals surface area contributed by atoms with Gasteiger partial charge in [-0.25, -0.2) is 14.0 Å². The molecule has 1 aromatic rings. The predicted molar refractivity (Wildman–Crippen MR) is 191 cm³/mol. The minimum atomic E-state index is -2.15. The smallest absolute Gasteiger partial charge is 0.493 e. The first-order chi connectivity index (χ1) is 25.1. The highest BCUT2D eigenvalue weighted by Gasteiger charge is 2.77. The molecule has 0 saturated heterocycles. The van der Waals surface area contributed by atoms with Crippen LogP contribution in [0, 0.1) is 28.6 Å². The van der Waals surface area contributed by atoms with Crippen LogP contribution >= 0.6 is 0 Å². The minimum absolute atomic E-state index is 0.0497. The normalized spacial score (nSPS) is 32.8. The van der Waals surface area contributed by atoms with E-state index in [0.29, 0.717) is 37.7 Å². The Labute approximate surface area is 310 Å². The Morgan fingerprint density at radius 1 is 1.00 bits per heavy atom. The molecule has 8 atom stereocenters. The van der Waals surface area contributed by atoms with E-state index in [2.05, 4.69) is 0 Å². The van der Waals surface area contributed by atoms with E-state index in [1.165, 1.54) is 37.5 Å². The first-order valence-electron chi connectivity index (χ1n) is 18.9. The number of carbonyl (C=O) groups is 5. The van der Waals surface area contributed by atoms with Gasteiger partial charge in [-0.2, -0.15) is 0 Å². The van der Waals surface area contributed by atoms with E-state index < -0.39 is 76.4 Å². The van der Waals surface area contributed by atoms with Gasteiger partial charge in [0.2, 0.25) is 5.78 Å². The Hall–Kier alpha value is -4.06. The Morgan fingerprint density at radius 3 is 2.43 bits per heavy atom. The second kappa shape index (κ2) is 15.7. The van der Waals surface area contributed by atoms with Gasteiger partial charge in [0.1, 0.15) is 0 Å². The molecule has 0 spiro atoms. The van der Waals surface area contributed by atoms with Gasteiger partial charge in [-0.3, -0.25) is 14.4 Å². The van der Waals surface area contributed by atoms with E-state index in [9.17, 15) is 29.1 Å². The summed E-state index contributed by atoms with van der Waals surface area (Å²) in [6.45, 7) is 8.66. The average molecular weight is 741 g/mol. The molecule has 8 unspecified atom stereocenters. The molecule has 3 saturated carbocycles.